The van der Waals surface area contributed by atoms with Crippen molar-refractivity contribution < 1.29 is 17.6 Å². The van der Waals surface area contributed by atoms with Gasteiger partial charge in [0, 0.05) is 10.5 Å². The number of halogens is 1. The number of hydrogen-bond acceptors (Lipinski definition) is 4. The zero-order valence-corrected chi connectivity index (χ0v) is 18.1. The van der Waals surface area contributed by atoms with E-state index in [0.29, 0.717) is 0 Å². The molecule has 0 aliphatic heterocycles. The maximum absolute atomic E-state index is 13.8. The van der Waals surface area contributed by atoms with E-state index in [1.165, 1.54) is 42.5 Å². The van der Waals surface area contributed by atoms with Crippen molar-refractivity contribution in [2.75, 3.05) is 11.0 Å². The lowest BCUT2D eigenvalue weighted by Gasteiger charge is -2.15. The molecule has 2 N–H and O–H groups in total. The van der Waals surface area contributed by atoms with Crippen LogP contribution in [0.5, 0.6) is 0 Å². The van der Waals surface area contributed by atoms with Crippen LogP contribution in [0.4, 0.5) is 10.1 Å². The van der Waals surface area contributed by atoms with Gasteiger partial charge >= 0.3 is 0 Å². The molecular formula is C22H21FN2O3S2. The predicted molar refractivity (Wildman–Crippen MR) is 118 cm³/mol. The number of anilines is 1. The molecule has 3 aromatic rings. The molecule has 1 unspecified atom stereocenters. The number of benzene rings is 3. The molecular weight excluding hydrogens is 423 g/mol. The van der Waals surface area contributed by atoms with Gasteiger partial charge in [0.1, 0.15) is 5.82 Å². The quantitative estimate of drug-likeness (QED) is 0.512. The average Bonchev–Trinajstić information content (AvgIpc) is 2.75. The number of rotatable bonds is 7. The summed E-state index contributed by atoms with van der Waals surface area (Å²) >= 11 is 1.63. The Morgan fingerprint density at radius 2 is 1.70 bits per heavy atom. The van der Waals surface area contributed by atoms with E-state index in [2.05, 4.69) is 10.0 Å². The second-order valence-corrected chi connectivity index (χ2v) is 9.14. The highest BCUT2D eigenvalue weighted by Gasteiger charge is 2.19. The van der Waals surface area contributed by atoms with Crippen molar-refractivity contribution >= 4 is 33.4 Å². The number of amides is 1. The van der Waals surface area contributed by atoms with Gasteiger partial charge in [-0.3, -0.25) is 9.52 Å². The van der Waals surface area contributed by atoms with Crippen molar-refractivity contribution in [1.82, 2.24) is 5.32 Å². The summed E-state index contributed by atoms with van der Waals surface area (Å²) in [5, 5.41) is 2.87. The van der Waals surface area contributed by atoms with Crippen molar-refractivity contribution in [3.05, 3.63) is 89.7 Å². The van der Waals surface area contributed by atoms with Crippen LogP contribution in [0.3, 0.4) is 0 Å². The molecule has 0 spiro atoms. The fraction of sp³-hybridized carbons (Fsp3) is 0.136. The molecule has 0 aliphatic rings. The monoisotopic (exact) mass is 444 g/mol. The molecule has 8 heteroatoms. The molecule has 156 valence electrons. The third kappa shape index (κ3) is 5.20. The molecule has 0 fully saturated rings. The maximum atomic E-state index is 13.8. The van der Waals surface area contributed by atoms with Crippen molar-refractivity contribution in [1.29, 1.82) is 0 Å². The number of para-hydroxylation sites is 1. The summed E-state index contributed by atoms with van der Waals surface area (Å²) in [6.45, 7) is 1.85. The highest BCUT2D eigenvalue weighted by molar-refractivity contribution is 7.98. The van der Waals surface area contributed by atoms with Gasteiger partial charge in [-0.2, -0.15) is 0 Å². The van der Waals surface area contributed by atoms with Gasteiger partial charge in [0.2, 0.25) is 0 Å². The Labute approximate surface area is 179 Å². The Bertz CT molecular complexity index is 1150. The molecule has 3 aromatic carbocycles. The lowest BCUT2D eigenvalue weighted by molar-refractivity contribution is 0.0939. The van der Waals surface area contributed by atoms with Gasteiger partial charge in [0.25, 0.3) is 15.9 Å². The SMILES string of the molecule is CSc1ccc(C(C)NC(=O)c2cccc(S(=O)(=O)Nc3ccccc3F)c2)cc1. The van der Waals surface area contributed by atoms with E-state index in [0.717, 1.165) is 16.5 Å². The third-order valence-corrected chi connectivity index (χ3v) is 6.59. The summed E-state index contributed by atoms with van der Waals surface area (Å²) in [4.78, 5) is 13.6. The summed E-state index contributed by atoms with van der Waals surface area (Å²) in [6.07, 6.45) is 1.99. The van der Waals surface area contributed by atoms with E-state index in [1.807, 2.05) is 37.4 Å². The summed E-state index contributed by atoms with van der Waals surface area (Å²) < 4.78 is 41.3. The Kier molecular flexibility index (Phi) is 6.79. The largest absolute Gasteiger partial charge is 0.346 e. The van der Waals surface area contributed by atoms with Gasteiger partial charge in [-0.05, 0) is 61.2 Å². The van der Waals surface area contributed by atoms with Crippen molar-refractivity contribution in [3.63, 3.8) is 0 Å². The van der Waals surface area contributed by atoms with E-state index in [9.17, 15) is 17.6 Å². The third-order valence-electron chi connectivity index (χ3n) is 4.49. The maximum Gasteiger partial charge on any atom is 0.262 e. The Hall–Kier alpha value is -2.84. The first-order valence-electron chi connectivity index (χ1n) is 9.12. The van der Waals surface area contributed by atoms with Crippen molar-refractivity contribution in [2.45, 2.75) is 22.8 Å². The Morgan fingerprint density at radius 3 is 2.37 bits per heavy atom. The number of sulfonamides is 1. The highest BCUT2D eigenvalue weighted by atomic mass is 32.2. The number of nitrogens with one attached hydrogen (secondary N) is 2. The second kappa shape index (κ2) is 9.32. The van der Waals surface area contributed by atoms with Gasteiger partial charge in [-0.25, -0.2) is 12.8 Å². The molecule has 1 atom stereocenters. The minimum Gasteiger partial charge on any atom is -0.346 e. The molecule has 0 aromatic heterocycles. The Balaban J connectivity index is 1.76. The van der Waals surface area contributed by atoms with Crippen LogP contribution >= 0.6 is 11.8 Å². The van der Waals surface area contributed by atoms with Gasteiger partial charge in [-0.15, -0.1) is 11.8 Å². The van der Waals surface area contributed by atoms with E-state index >= 15 is 0 Å². The number of carbonyl (C=O) groups excluding carboxylic acids is 1. The number of hydrogen-bond donors (Lipinski definition) is 2. The smallest absolute Gasteiger partial charge is 0.262 e. The number of carbonyl (C=O) groups is 1. The number of thioether (sulfide) groups is 1. The predicted octanol–water partition coefficient (Wildman–Crippen LogP) is 4.84. The summed E-state index contributed by atoms with van der Waals surface area (Å²) in [5.41, 5.74) is 0.972. The van der Waals surface area contributed by atoms with E-state index in [-0.39, 0.29) is 22.2 Å². The Morgan fingerprint density at radius 1 is 1.00 bits per heavy atom. The van der Waals surface area contributed by atoms with E-state index < -0.39 is 21.7 Å². The van der Waals surface area contributed by atoms with Gasteiger partial charge < -0.3 is 5.32 Å². The van der Waals surface area contributed by atoms with Crippen LogP contribution in [0.1, 0.15) is 28.9 Å². The van der Waals surface area contributed by atoms with E-state index in [4.69, 9.17) is 0 Å². The molecule has 0 aliphatic carbocycles. The van der Waals surface area contributed by atoms with Crippen LogP contribution < -0.4 is 10.0 Å². The summed E-state index contributed by atoms with van der Waals surface area (Å²) in [7, 11) is -4.05. The lowest BCUT2D eigenvalue weighted by atomic mass is 10.1. The summed E-state index contributed by atoms with van der Waals surface area (Å²) in [6, 6.07) is 18.7. The topological polar surface area (TPSA) is 75.3 Å². The van der Waals surface area contributed by atoms with Crippen molar-refractivity contribution in [2.24, 2.45) is 0 Å². The molecule has 1 amide bonds. The van der Waals surface area contributed by atoms with Crippen LogP contribution in [0.15, 0.2) is 82.6 Å². The normalized spacial score (nSPS) is 12.2. The van der Waals surface area contributed by atoms with Gasteiger partial charge in [-0.1, -0.05) is 30.3 Å². The molecule has 5 nitrogen and oxygen atoms in total. The van der Waals surface area contributed by atoms with Crippen LogP contribution in [-0.2, 0) is 10.0 Å². The van der Waals surface area contributed by atoms with Crippen LogP contribution in [-0.4, -0.2) is 20.6 Å². The first-order chi connectivity index (χ1) is 14.3. The average molecular weight is 445 g/mol. The molecule has 0 radical (unpaired) electrons. The first-order valence-corrected chi connectivity index (χ1v) is 11.8. The second-order valence-electron chi connectivity index (χ2n) is 6.58. The van der Waals surface area contributed by atoms with Gasteiger partial charge in [0.05, 0.1) is 16.6 Å². The van der Waals surface area contributed by atoms with Crippen LogP contribution in [0.2, 0.25) is 0 Å². The molecule has 3 rings (SSSR count). The highest BCUT2D eigenvalue weighted by Crippen LogP contribution is 2.21. The minimum absolute atomic E-state index is 0.129. The molecule has 0 saturated carbocycles. The molecule has 0 saturated heterocycles. The molecule has 30 heavy (non-hydrogen) atoms. The van der Waals surface area contributed by atoms with Crippen LogP contribution in [0.25, 0.3) is 0 Å². The first kappa shape index (κ1) is 21.9. The standard InChI is InChI=1S/C22H21FN2O3S2/c1-15(16-10-12-18(29-2)13-11-16)24-22(26)17-6-5-7-19(14-17)30(27,28)25-21-9-4-3-8-20(21)23/h3-15,25H,1-2H3,(H,24,26). The summed E-state index contributed by atoms with van der Waals surface area (Å²) in [5.74, 6) is -1.09. The fourth-order valence-corrected chi connectivity index (χ4v) is 4.33. The van der Waals surface area contributed by atoms with Crippen LogP contribution in [0, 0.1) is 5.82 Å². The zero-order valence-electron chi connectivity index (χ0n) is 16.4. The minimum atomic E-state index is -4.05. The zero-order chi connectivity index (χ0) is 21.7. The fourth-order valence-electron chi connectivity index (χ4n) is 2.81. The lowest BCUT2D eigenvalue weighted by Crippen LogP contribution is -2.27. The van der Waals surface area contributed by atoms with Crippen molar-refractivity contribution in [3.8, 4) is 0 Å². The molecule has 0 bridgehead atoms. The molecule has 0 heterocycles. The van der Waals surface area contributed by atoms with Gasteiger partial charge in [0.15, 0.2) is 0 Å². The van der Waals surface area contributed by atoms with E-state index in [1.54, 1.807) is 11.8 Å².